The van der Waals surface area contributed by atoms with Crippen LogP contribution in [0.5, 0.6) is 23.0 Å². The maximum atomic E-state index is 11.5. The van der Waals surface area contributed by atoms with Gasteiger partial charge in [0.1, 0.15) is 23.0 Å². The van der Waals surface area contributed by atoms with Crippen LogP contribution in [0.4, 0.5) is 11.4 Å². The number of aliphatic imine (C=N–C) groups is 2. The Hall–Kier alpha value is -6.14. The largest absolute Gasteiger partial charge is 0.507 e. The van der Waals surface area contributed by atoms with Gasteiger partial charge in [-0.3, -0.25) is 9.98 Å². The van der Waals surface area contributed by atoms with E-state index in [4.69, 9.17) is 19.5 Å². The van der Waals surface area contributed by atoms with Crippen molar-refractivity contribution in [3.63, 3.8) is 0 Å². The molecule has 322 valence electrons. The van der Waals surface area contributed by atoms with E-state index in [0.717, 1.165) is 67.0 Å². The Morgan fingerprint density at radius 3 is 1.10 bits per heavy atom. The topological polar surface area (TPSA) is 83.6 Å². The Bertz CT molecular complexity index is 2470. The van der Waals surface area contributed by atoms with E-state index in [1.54, 1.807) is 26.6 Å². The van der Waals surface area contributed by atoms with Crippen LogP contribution in [0.15, 0.2) is 119 Å². The molecule has 0 spiro atoms. The summed E-state index contributed by atoms with van der Waals surface area (Å²) in [7, 11) is 3.36. The van der Waals surface area contributed by atoms with Crippen LogP contribution in [-0.4, -0.2) is 36.9 Å². The van der Waals surface area contributed by atoms with E-state index in [9.17, 15) is 10.2 Å². The molecule has 6 aromatic carbocycles. The summed E-state index contributed by atoms with van der Waals surface area (Å²) in [5, 5.41) is 23.0. The van der Waals surface area contributed by atoms with E-state index >= 15 is 0 Å². The molecule has 62 heavy (non-hydrogen) atoms. The summed E-state index contributed by atoms with van der Waals surface area (Å²) in [6.07, 6.45) is 3.55. The first kappa shape index (κ1) is 45.4. The van der Waals surface area contributed by atoms with Gasteiger partial charge in [-0.15, -0.1) is 0 Å². The number of aromatic hydroxyl groups is 2. The molecule has 6 nitrogen and oxygen atoms in total. The number of benzene rings is 6. The zero-order chi connectivity index (χ0) is 45.4. The fourth-order valence-electron chi connectivity index (χ4n) is 7.62. The van der Waals surface area contributed by atoms with Crippen LogP contribution in [0.2, 0.25) is 0 Å². The van der Waals surface area contributed by atoms with Gasteiger partial charge in [-0.05, 0) is 92.4 Å². The number of rotatable bonds is 9. The fourth-order valence-corrected chi connectivity index (χ4v) is 7.62. The van der Waals surface area contributed by atoms with Gasteiger partial charge in [0, 0.05) is 56.9 Å². The Morgan fingerprint density at radius 1 is 0.419 bits per heavy atom. The van der Waals surface area contributed by atoms with Crippen molar-refractivity contribution in [3.8, 4) is 56.4 Å². The van der Waals surface area contributed by atoms with Gasteiger partial charge in [-0.25, -0.2) is 0 Å². The van der Waals surface area contributed by atoms with Crippen molar-refractivity contribution in [1.82, 2.24) is 0 Å². The average molecular weight is 829 g/mol. The summed E-state index contributed by atoms with van der Waals surface area (Å²) in [5.74, 6) is 1.92. The second kappa shape index (κ2) is 17.3. The molecule has 0 heterocycles. The summed E-state index contributed by atoms with van der Waals surface area (Å²) in [6, 6.07) is 36.7. The molecule has 6 heteroatoms. The molecular weight excluding hydrogens is 765 g/mol. The third-order valence-corrected chi connectivity index (χ3v) is 11.4. The number of phenolic OH excluding ortho intramolecular Hbond substituents is 2. The summed E-state index contributed by atoms with van der Waals surface area (Å²) in [5.41, 5.74) is 11.7. The smallest absolute Gasteiger partial charge is 0.128 e. The molecule has 0 bridgehead atoms. The van der Waals surface area contributed by atoms with Gasteiger partial charge in [0.05, 0.1) is 25.6 Å². The number of hydrogen-bond acceptors (Lipinski definition) is 6. The predicted octanol–water partition coefficient (Wildman–Crippen LogP) is 14.8. The molecule has 0 aliphatic rings. The maximum absolute atomic E-state index is 11.5. The second-order valence-electron chi connectivity index (χ2n) is 20.3. The average Bonchev–Trinajstić information content (AvgIpc) is 3.21. The summed E-state index contributed by atoms with van der Waals surface area (Å²) in [4.78, 5) is 10.0. The molecule has 0 aliphatic heterocycles. The Kier molecular flexibility index (Phi) is 12.7. The quantitative estimate of drug-likeness (QED) is 0.142. The van der Waals surface area contributed by atoms with Crippen molar-refractivity contribution in [2.45, 2.75) is 105 Å². The molecule has 0 fully saturated rings. The minimum absolute atomic E-state index is 0.113. The summed E-state index contributed by atoms with van der Waals surface area (Å²) in [6.45, 7) is 25.8. The van der Waals surface area contributed by atoms with Gasteiger partial charge >= 0.3 is 0 Å². The second-order valence-corrected chi connectivity index (χ2v) is 20.3. The van der Waals surface area contributed by atoms with Gasteiger partial charge in [-0.2, -0.15) is 0 Å². The van der Waals surface area contributed by atoms with Gasteiger partial charge in [0.15, 0.2) is 0 Å². The minimum Gasteiger partial charge on any atom is -0.507 e. The van der Waals surface area contributed by atoms with Crippen LogP contribution in [-0.2, 0) is 21.7 Å². The van der Waals surface area contributed by atoms with Crippen molar-refractivity contribution < 1.29 is 19.7 Å². The lowest BCUT2D eigenvalue weighted by Gasteiger charge is -2.27. The van der Waals surface area contributed by atoms with Crippen LogP contribution in [0.3, 0.4) is 0 Å². The number of phenols is 2. The van der Waals surface area contributed by atoms with Crippen LogP contribution < -0.4 is 9.47 Å². The van der Waals surface area contributed by atoms with Crippen LogP contribution >= 0.6 is 0 Å². The van der Waals surface area contributed by atoms with E-state index in [1.807, 2.05) is 72.8 Å². The number of ether oxygens (including phenoxy) is 2. The first-order valence-corrected chi connectivity index (χ1v) is 21.4. The van der Waals surface area contributed by atoms with Crippen molar-refractivity contribution in [3.05, 3.63) is 143 Å². The fraction of sp³-hybridized carbons (Fsp3) is 0.321. The number of hydrogen-bond donors (Lipinski definition) is 2. The van der Waals surface area contributed by atoms with Gasteiger partial charge < -0.3 is 19.7 Å². The minimum atomic E-state index is -0.255. The molecule has 2 N–H and O–H groups in total. The van der Waals surface area contributed by atoms with E-state index < -0.39 is 0 Å². The van der Waals surface area contributed by atoms with Crippen molar-refractivity contribution in [2.75, 3.05) is 14.2 Å². The Labute approximate surface area is 370 Å². The van der Waals surface area contributed by atoms with Gasteiger partial charge in [0.25, 0.3) is 0 Å². The molecule has 0 atom stereocenters. The molecule has 0 aromatic heterocycles. The lowest BCUT2D eigenvalue weighted by molar-refractivity contribution is 0.416. The van der Waals surface area contributed by atoms with Gasteiger partial charge in [0.2, 0.25) is 0 Å². The lowest BCUT2D eigenvalue weighted by atomic mass is 9.79. The van der Waals surface area contributed by atoms with Crippen LogP contribution in [0.1, 0.15) is 116 Å². The zero-order valence-electron chi connectivity index (χ0n) is 39.2. The highest BCUT2D eigenvalue weighted by atomic mass is 16.5. The van der Waals surface area contributed by atoms with E-state index in [2.05, 4.69) is 119 Å². The van der Waals surface area contributed by atoms with Crippen LogP contribution in [0.25, 0.3) is 33.4 Å². The van der Waals surface area contributed by atoms with Crippen LogP contribution in [0, 0.1) is 0 Å². The standard InChI is InChI=1S/C56H64N2O4/c1-53(2,3)39-27-37(51(59)45(31-39)55(7,8)9)33-57-47-21-17-15-19-41(47)43-29-35(23-25-49(43)61-13)36-24-26-50(62-14)44(30-36)42-20-16-18-22-48(42)58-34-38-28-40(54(4,5)6)32-46(52(38)60)56(10,11)12/h15-34,59-60H,1-14H3. The van der Waals surface area contributed by atoms with Crippen molar-refractivity contribution in [2.24, 2.45) is 9.98 Å². The third kappa shape index (κ3) is 9.81. The molecular formula is C56H64N2O4. The summed E-state index contributed by atoms with van der Waals surface area (Å²) < 4.78 is 11.9. The maximum Gasteiger partial charge on any atom is 0.128 e. The molecule has 6 rings (SSSR count). The summed E-state index contributed by atoms with van der Waals surface area (Å²) >= 11 is 0. The van der Waals surface area contributed by atoms with E-state index in [0.29, 0.717) is 22.6 Å². The highest BCUT2D eigenvalue weighted by Gasteiger charge is 2.26. The molecule has 0 aliphatic carbocycles. The Balaban J connectivity index is 1.43. The van der Waals surface area contributed by atoms with Crippen molar-refractivity contribution in [1.29, 1.82) is 0 Å². The highest BCUT2D eigenvalue weighted by molar-refractivity contribution is 5.93. The zero-order valence-corrected chi connectivity index (χ0v) is 39.2. The first-order chi connectivity index (χ1) is 29.0. The number of para-hydroxylation sites is 2. The van der Waals surface area contributed by atoms with Gasteiger partial charge in [-0.1, -0.05) is 144 Å². The molecule has 0 saturated heterocycles. The van der Waals surface area contributed by atoms with E-state index in [-0.39, 0.29) is 33.2 Å². The molecule has 0 amide bonds. The van der Waals surface area contributed by atoms with Crippen molar-refractivity contribution >= 4 is 23.8 Å². The molecule has 0 radical (unpaired) electrons. The lowest BCUT2D eigenvalue weighted by Crippen LogP contribution is -2.17. The monoisotopic (exact) mass is 828 g/mol. The SMILES string of the molecule is COc1ccc(-c2ccc(OC)c(-c3ccccc3N=Cc3cc(C(C)(C)C)cc(C(C)(C)C)c3O)c2)cc1-c1ccccc1N=Cc1cc(C(C)(C)C)cc(C(C)(C)C)c1O. The number of nitrogens with zero attached hydrogens (tertiary/aromatic N) is 2. The molecule has 0 unspecified atom stereocenters. The predicted molar refractivity (Wildman–Crippen MR) is 261 cm³/mol. The number of methoxy groups -OCH3 is 2. The highest BCUT2D eigenvalue weighted by Crippen LogP contribution is 2.44. The first-order valence-electron chi connectivity index (χ1n) is 21.4. The third-order valence-electron chi connectivity index (χ3n) is 11.4. The molecule has 0 saturated carbocycles. The van der Waals surface area contributed by atoms with E-state index in [1.165, 1.54) is 0 Å². The Morgan fingerprint density at radius 2 is 0.774 bits per heavy atom. The molecule has 6 aromatic rings. The normalized spacial score (nSPS) is 12.7.